The maximum absolute atomic E-state index is 11.5. The smallest absolute Gasteiger partial charge is 0.323 e. The van der Waals surface area contributed by atoms with Crippen molar-refractivity contribution >= 4 is 41.1 Å². The van der Waals surface area contributed by atoms with Gasteiger partial charge in [-0.25, -0.2) is 4.79 Å². The number of hydrogen-bond donors (Lipinski definition) is 1. The van der Waals surface area contributed by atoms with Crippen molar-refractivity contribution in [3.63, 3.8) is 0 Å². The maximum Gasteiger partial charge on any atom is 0.323 e. The van der Waals surface area contributed by atoms with Crippen molar-refractivity contribution in [3.8, 4) is 0 Å². The molecule has 0 aliphatic carbocycles. The van der Waals surface area contributed by atoms with Crippen LogP contribution in [0.25, 0.3) is 10.9 Å². The molecule has 2 rings (SSSR count). The zero-order chi connectivity index (χ0) is 16.1. The lowest BCUT2D eigenvalue weighted by molar-refractivity contribution is -0.142. The Hall–Kier alpha value is -2.96. The highest BCUT2D eigenvalue weighted by atomic mass is 16.5. The molecule has 2 N–H and O–H groups in total. The summed E-state index contributed by atoms with van der Waals surface area (Å²) in [7, 11) is 0. The number of ether oxygens (including phenoxy) is 1. The Kier molecular flexibility index (Phi) is 4.67. The first-order valence-corrected chi connectivity index (χ1v) is 6.64. The minimum atomic E-state index is -0.657. The summed E-state index contributed by atoms with van der Waals surface area (Å²) < 4.78 is 6.14. The molecular formula is C15H15N3O4. The second-order valence-electron chi connectivity index (χ2n) is 4.47. The summed E-state index contributed by atoms with van der Waals surface area (Å²) >= 11 is 0. The Morgan fingerprint density at radius 3 is 2.82 bits per heavy atom. The summed E-state index contributed by atoms with van der Waals surface area (Å²) in [6, 6.07) is 4.46. The third-order valence-electron chi connectivity index (χ3n) is 3.01. The molecule has 0 saturated heterocycles. The van der Waals surface area contributed by atoms with Crippen LogP contribution in [-0.2, 0) is 20.7 Å². The lowest BCUT2D eigenvalue weighted by Crippen LogP contribution is -2.18. The van der Waals surface area contributed by atoms with Crippen LogP contribution in [0.1, 0.15) is 12.5 Å². The van der Waals surface area contributed by atoms with Gasteiger partial charge in [-0.15, -0.1) is 0 Å². The highest BCUT2D eigenvalue weighted by Gasteiger charge is 2.13. The largest absolute Gasteiger partial charge is 0.466 e. The molecule has 1 aromatic heterocycles. The molecule has 0 atom stereocenters. The third kappa shape index (κ3) is 3.20. The summed E-state index contributed by atoms with van der Waals surface area (Å²) in [5.74, 6) is -0.339. The number of benzene rings is 1. The number of fused-ring (bicyclic) bond motifs is 1. The van der Waals surface area contributed by atoms with Gasteiger partial charge in [0.2, 0.25) is 0 Å². The van der Waals surface area contributed by atoms with Crippen molar-refractivity contribution in [3.05, 3.63) is 30.0 Å². The van der Waals surface area contributed by atoms with E-state index in [0.29, 0.717) is 29.5 Å². The van der Waals surface area contributed by atoms with E-state index in [4.69, 9.17) is 10.5 Å². The van der Waals surface area contributed by atoms with Gasteiger partial charge in [-0.05, 0) is 24.6 Å². The van der Waals surface area contributed by atoms with Crippen LogP contribution in [-0.4, -0.2) is 35.7 Å². The lowest BCUT2D eigenvalue weighted by Gasteiger charge is -2.03. The summed E-state index contributed by atoms with van der Waals surface area (Å²) in [6.45, 7) is 2.05. The first kappa shape index (κ1) is 15.4. The van der Waals surface area contributed by atoms with E-state index in [1.165, 1.54) is 10.8 Å². The molecule has 22 heavy (non-hydrogen) atoms. The van der Waals surface area contributed by atoms with Crippen LogP contribution < -0.4 is 5.73 Å². The zero-order valence-electron chi connectivity index (χ0n) is 12.0. The van der Waals surface area contributed by atoms with E-state index >= 15 is 0 Å². The predicted octanol–water partition coefficient (Wildman–Crippen LogP) is 1.57. The van der Waals surface area contributed by atoms with Gasteiger partial charge in [0.25, 0.3) is 0 Å². The van der Waals surface area contributed by atoms with Crippen LogP contribution >= 0.6 is 0 Å². The number of amides is 1. The van der Waals surface area contributed by atoms with Gasteiger partial charge >= 0.3 is 12.0 Å². The number of carbonyl (C=O) groups excluding carboxylic acids is 3. The van der Waals surface area contributed by atoms with Gasteiger partial charge in [-0.3, -0.25) is 19.1 Å². The lowest BCUT2D eigenvalue weighted by atomic mass is 10.1. The van der Waals surface area contributed by atoms with Gasteiger partial charge in [0.15, 0.2) is 6.29 Å². The van der Waals surface area contributed by atoms with Gasteiger partial charge in [0, 0.05) is 11.6 Å². The minimum absolute atomic E-state index is 0.113. The van der Waals surface area contributed by atoms with E-state index in [9.17, 15) is 14.4 Å². The Labute approximate surface area is 126 Å². The molecule has 0 aliphatic rings. The molecule has 0 aliphatic heterocycles. The summed E-state index contributed by atoms with van der Waals surface area (Å²) in [5, 5.41) is 0.624. The maximum atomic E-state index is 11.5. The molecule has 114 valence electrons. The van der Waals surface area contributed by atoms with E-state index in [-0.39, 0.29) is 12.4 Å². The highest BCUT2D eigenvalue weighted by Crippen LogP contribution is 2.29. The summed E-state index contributed by atoms with van der Waals surface area (Å²) in [6.07, 6.45) is 3.18. The molecule has 7 nitrogen and oxygen atoms in total. The Morgan fingerprint density at radius 2 is 2.18 bits per heavy atom. The predicted molar refractivity (Wildman–Crippen MR) is 81.5 cm³/mol. The van der Waals surface area contributed by atoms with E-state index in [2.05, 4.69) is 4.99 Å². The molecule has 0 bridgehead atoms. The van der Waals surface area contributed by atoms with Crippen LogP contribution in [0.4, 0.5) is 10.5 Å². The average Bonchev–Trinajstić information content (AvgIpc) is 2.83. The average molecular weight is 301 g/mol. The van der Waals surface area contributed by atoms with Crippen molar-refractivity contribution in [2.75, 3.05) is 6.61 Å². The first-order valence-electron chi connectivity index (χ1n) is 6.64. The summed E-state index contributed by atoms with van der Waals surface area (Å²) in [4.78, 5) is 37.4. The molecule has 2 aromatic rings. The van der Waals surface area contributed by atoms with Crippen LogP contribution in [0, 0.1) is 0 Å². The highest BCUT2D eigenvalue weighted by molar-refractivity contribution is 6.14. The SMILES string of the molecule is CCOC(=O)Cc1ccc2c(c1)c(N=CC=O)cn2C(N)=O. The second kappa shape index (κ2) is 6.66. The van der Waals surface area contributed by atoms with Crippen molar-refractivity contribution in [2.24, 2.45) is 10.7 Å². The topological polar surface area (TPSA) is 104 Å². The van der Waals surface area contributed by atoms with Crippen molar-refractivity contribution in [1.82, 2.24) is 4.57 Å². The fraction of sp³-hybridized carbons (Fsp3) is 0.200. The number of primary amides is 1. The van der Waals surface area contributed by atoms with Gasteiger partial charge < -0.3 is 10.5 Å². The number of nitrogens with two attached hydrogens (primary N) is 1. The fourth-order valence-corrected chi connectivity index (χ4v) is 2.14. The zero-order valence-corrected chi connectivity index (χ0v) is 12.0. The van der Waals surface area contributed by atoms with Crippen molar-refractivity contribution in [1.29, 1.82) is 0 Å². The molecule has 0 unspecified atom stereocenters. The quantitative estimate of drug-likeness (QED) is 0.514. The molecule has 0 spiro atoms. The minimum Gasteiger partial charge on any atom is -0.466 e. The Balaban J connectivity index is 2.49. The van der Waals surface area contributed by atoms with Crippen molar-refractivity contribution in [2.45, 2.75) is 13.3 Å². The standard InChI is InChI=1S/C15H15N3O4/c1-2-22-14(20)8-10-3-4-13-11(7-10)12(17-5-6-19)9-18(13)15(16)21/h3-7,9H,2,8H2,1H3,(H2,16,21). The second-order valence-corrected chi connectivity index (χ2v) is 4.47. The monoisotopic (exact) mass is 301 g/mol. The molecule has 1 amide bonds. The third-order valence-corrected chi connectivity index (χ3v) is 3.01. The number of aldehydes is 1. The van der Waals surface area contributed by atoms with Crippen molar-refractivity contribution < 1.29 is 19.1 Å². The van der Waals surface area contributed by atoms with Gasteiger partial charge in [0.1, 0.15) is 0 Å². The van der Waals surface area contributed by atoms with E-state index in [1.54, 1.807) is 25.1 Å². The summed E-state index contributed by atoms with van der Waals surface area (Å²) in [5.41, 5.74) is 7.00. The molecule has 0 radical (unpaired) electrons. The van der Waals surface area contributed by atoms with Gasteiger partial charge in [-0.1, -0.05) is 6.07 Å². The number of nitrogens with zero attached hydrogens (tertiary/aromatic N) is 2. The van der Waals surface area contributed by atoms with Gasteiger partial charge in [-0.2, -0.15) is 0 Å². The number of aliphatic imine (C=N–C) groups is 1. The van der Waals surface area contributed by atoms with E-state index < -0.39 is 6.03 Å². The first-order chi connectivity index (χ1) is 10.6. The Morgan fingerprint density at radius 1 is 1.41 bits per heavy atom. The number of hydrogen-bond acceptors (Lipinski definition) is 5. The number of esters is 1. The number of aromatic nitrogens is 1. The molecule has 0 fully saturated rings. The number of carbonyl (C=O) groups is 3. The van der Waals surface area contributed by atoms with Crippen LogP contribution in [0.15, 0.2) is 29.4 Å². The van der Waals surface area contributed by atoms with Crippen LogP contribution in [0.5, 0.6) is 0 Å². The van der Waals surface area contributed by atoms with Gasteiger partial charge in [0.05, 0.1) is 30.4 Å². The molecule has 7 heteroatoms. The van der Waals surface area contributed by atoms with E-state index in [0.717, 1.165) is 11.8 Å². The number of rotatable bonds is 5. The van der Waals surface area contributed by atoms with Crippen LogP contribution in [0.2, 0.25) is 0 Å². The van der Waals surface area contributed by atoms with E-state index in [1.807, 2.05) is 0 Å². The molecular weight excluding hydrogens is 286 g/mol. The molecule has 1 heterocycles. The molecule has 1 aromatic carbocycles. The molecule has 0 saturated carbocycles. The van der Waals surface area contributed by atoms with Crippen LogP contribution in [0.3, 0.4) is 0 Å². The normalized spacial score (nSPS) is 11.0. The Bertz CT molecular complexity index is 761. The fourth-order valence-electron chi connectivity index (χ4n) is 2.14.